The van der Waals surface area contributed by atoms with Gasteiger partial charge in [0.2, 0.25) is 5.95 Å². The smallest absolute Gasteiger partial charge is 0.305 e. The van der Waals surface area contributed by atoms with Gasteiger partial charge in [-0.2, -0.15) is 0 Å². The number of unbranched alkanes of at least 4 members (excludes halogenated alkanes) is 2. The summed E-state index contributed by atoms with van der Waals surface area (Å²) in [6.45, 7) is 0.753. The number of esters is 1. The van der Waals surface area contributed by atoms with Crippen molar-refractivity contribution in [3.8, 4) is 0 Å². The van der Waals surface area contributed by atoms with E-state index in [0.717, 1.165) is 31.3 Å². The van der Waals surface area contributed by atoms with Gasteiger partial charge in [0, 0.05) is 13.0 Å². The van der Waals surface area contributed by atoms with Crippen LogP contribution in [0.25, 0.3) is 11.0 Å². The van der Waals surface area contributed by atoms with E-state index >= 15 is 0 Å². The molecule has 0 fully saturated rings. The highest BCUT2D eigenvalue weighted by Gasteiger charge is 2.03. The third-order valence-corrected chi connectivity index (χ3v) is 3.02. The first-order valence-electron chi connectivity index (χ1n) is 6.65. The van der Waals surface area contributed by atoms with Gasteiger partial charge in [0.1, 0.15) is 5.82 Å². The fraction of sp³-hybridized carbons (Fsp3) is 0.429. The van der Waals surface area contributed by atoms with Gasteiger partial charge in [0.05, 0.1) is 18.1 Å². The fourth-order valence-electron chi connectivity index (χ4n) is 1.95. The summed E-state index contributed by atoms with van der Waals surface area (Å²) in [6, 6.07) is 4.45. The lowest BCUT2D eigenvalue weighted by Gasteiger charge is -2.02. The molecule has 20 heavy (non-hydrogen) atoms. The zero-order valence-corrected chi connectivity index (χ0v) is 11.4. The minimum absolute atomic E-state index is 0.169. The number of methoxy groups -OCH3 is 1. The zero-order chi connectivity index (χ0) is 14.4. The molecule has 0 spiro atoms. The van der Waals surface area contributed by atoms with Gasteiger partial charge >= 0.3 is 5.97 Å². The molecule has 6 heteroatoms. The second kappa shape index (κ2) is 6.88. The summed E-state index contributed by atoms with van der Waals surface area (Å²) in [6.07, 6.45) is 3.15. The average molecular weight is 279 g/mol. The monoisotopic (exact) mass is 279 g/mol. The van der Waals surface area contributed by atoms with Crippen LogP contribution in [0.3, 0.4) is 0 Å². The molecule has 0 bridgehead atoms. The van der Waals surface area contributed by atoms with Crippen LogP contribution < -0.4 is 5.32 Å². The topological polar surface area (TPSA) is 67.0 Å². The van der Waals surface area contributed by atoms with Gasteiger partial charge in [-0.15, -0.1) is 0 Å². The number of hydrogen-bond acceptors (Lipinski definition) is 4. The van der Waals surface area contributed by atoms with Gasteiger partial charge in [-0.25, -0.2) is 9.37 Å². The van der Waals surface area contributed by atoms with Crippen LogP contribution in [0.2, 0.25) is 0 Å². The highest BCUT2D eigenvalue weighted by atomic mass is 19.1. The minimum atomic E-state index is -0.282. The summed E-state index contributed by atoms with van der Waals surface area (Å²) in [5.41, 5.74) is 1.41. The Kier molecular flexibility index (Phi) is 4.92. The number of anilines is 1. The number of ether oxygens (including phenoxy) is 1. The van der Waals surface area contributed by atoms with Crippen LogP contribution in [0.5, 0.6) is 0 Å². The summed E-state index contributed by atoms with van der Waals surface area (Å²) >= 11 is 0. The summed E-state index contributed by atoms with van der Waals surface area (Å²) in [5.74, 6) is 0.186. The van der Waals surface area contributed by atoms with E-state index in [9.17, 15) is 9.18 Å². The van der Waals surface area contributed by atoms with Crippen LogP contribution in [-0.4, -0.2) is 29.6 Å². The first-order valence-corrected chi connectivity index (χ1v) is 6.65. The third kappa shape index (κ3) is 3.94. The van der Waals surface area contributed by atoms with Crippen molar-refractivity contribution in [2.45, 2.75) is 25.7 Å². The van der Waals surface area contributed by atoms with E-state index in [-0.39, 0.29) is 11.8 Å². The van der Waals surface area contributed by atoms with Gasteiger partial charge in [-0.1, -0.05) is 6.42 Å². The van der Waals surface area contributed by atoms with Crippen LogP contribution in [0.4, 0.5) is 10.3 Å². The molecule has 2 N–H and O–H groups in total. The minimum Gasteiger partial charge on any atom is -0.469 e. The molecule has 0 amide bonds. The highest BCUT2D eigenvalue weighted by Crippen LogP contribution is 2.15. The Hall–Kier alpha value is -2.11. The van der Waals surface area contributed by atoms with Crippen LogP contribution >= 0.6 is 0 Å². The van der Waals surface area contributed by atoms with E-state index in [2.05, 4.69) is 20.0 Å². The normalized spacial score (nSPS) is 10.7. The number of halogens is 1. The van der Waals surface area contributed by atoms with Gasteiger partial charge < -0.3 is 15.0 Å². The quantitative estimate of drug-likeness (QED) is 0.604. The maximum atomic E-state index is 13.0. The van der Waals surface area contributed by atoms with E-state index in [0.29, 0.717) is 17.9 Å². The summed E-state index contributed by atoms with van der Waals surface area (Å²) in [7, 11) is 1.40. The fourth-order valence-corrected chi connectivity index (χ4v) is 1.95. The Morgan fingerprint density at radius 1 is 1.40 bits per heavy atom. The van der Waals surface area contributed by atoms with Crippen molar-refractivity contribution in [1.82, 2.24) is 9.97 Å². The lowest BCUT2D eigenvalue weighted by molar-refractivity contribution is -0.140. The lowest BCUT2D eigenvalue weighted by Crippen LogP contribution is -2.04. The summed E-state index contributed by atoms with van der Waals surface area (Å²) < 4.78 is 17.6. The number of nitrogens with one attached hydrogen (secondary N) is 2. The number of rotatable bonds is 7. The maximum Gasteiger partial charge on any atom is 0.305 e. The molecular weight excluding hydrogens is 261 g/mol. The van der Waals surface area contributed by atoms with Crippen molar-refractivity contribution >= 4 is 23.0 Å². The number of nitrogens with zero attached hydrogens (tertiary/aromatic N) is 1. The molecular formula is C14H18FN3O2. The number of hydrogen-bond donors (Lipinski definition) is 2. The van der Waals surface area contributed by atoms with E-state index in [1.165, 1.54) is 19.2 Å². The standard InChI is InChI=1S/C14H18FN3O2/c1-20-13(19)5-3-2-4-8-16-14-17-11-7-6-10(15)9-12(11)18-14/h6-7,9H,2-5,8H2,1H3,(H2,16,17,18). The lowest BCUT2D eigenvalue weighted by atomic mass is 10.2. The Morgan fingerprint density at radius 2 is 2.25 bits per heavy atom. The zero-order valence-electron chi connectivity index (χ0n) is 11.4. The summed E-state index contributed by atoms with van der Waals surface area (Å²) in [5, 5.41) is 3.15. The number of aromatic nitrogens is 2. The van der Waals surface area contributed by atoms with E-state index in [4.69, 9.17) is 0 Å². The molecule has 0 aliphatic carbocycles. The largest absolute Gasteiger partial charge is 0.469 e. The second-order valence-corrected chi connectivity index (χ2v) is 4.56. The third-order valence-electron chi connectivity index (χ3n) is 3.02. The van der Waals surface area contributed by atoms with Crippen LogP contribution in [-0.2, 0) is 9.53 Å². The molecule has 108 valence electrons. The van der Waals surface area contributed by atoms with Gasteiger partial charge in [0.15, 0.2) is 0 Å². The van der Waals surface area contributed by atoms with Crippen LogP contribution in [0.15, 0.2) is 18.2 Å². The molecule has 0 saturated heterocycles. The SMILES string of the molecule is COC(=O)CCCCCNc1nc2ccc(F)cc2[nH]1. The predicted octanol–water partition coefficient (Wildman–Crippen LogP) is 2.85. The molecule has 0 atom stereocenters. The van der Waals surface area contributed by atoms with Gasteiger partial charge in [0.25, 0.3) is 0 Å². The van der Waals surface area contributed by atoms with Gasteiger partial charge in [-0.3, -0.25) is 4.79 Å². The van der Waals surface area contributed by atoms with Crippen molar-refractivity contribution in [3.63, 3.8) is 0 Å². The van der Waals surface area contributed by atoms with E-state index in [1.54, 1.807) is 6.07 Å². The predicted molar refractivity (Wildman–Crippen MR) is 75.0 cm³/mol. The average Bonchev–Trinajstić information content (AvgIpc) is 2.84. The number of benzene rings is 1. The number of H-pyrrole nitrogens is 1. The molecule has 2 aromatic rings. The Balaban J connectivity index is 1.72. The summed E-state index contributed by atoms with van der Waals surface area (Å²) in [4.78, 5) is 18.2. The van der Waals surface area contributed by atoms with E-state index < -0.39 is 0 Å². The van der Waals surface area contributed by atoms with Crippen molar-refractivity contribution in [1.29, 1.82) is 0 Å². The Bertz CT molecular complexity index is 583. The number of carbonyl (C=O) groups excluding carboxylic acids is 1. The Morgan fingerprint density at radius 3 is 3.05 bits per heavy atom. The van der Waals surface area contributed by atoms with Crippen molar-refractivity contribution in [2.75, 3.05) is 19.0 Å². The van der Waals surface area contributed by atoms with Gasteiger partial charge in [-0.05, 0) is 31.0 Å². The van der Waals surface area contributed by atoms with Crippen LogP contribution in [0, 0.1) is 5.82 Å². The number of carbonyl (C=O) groups is 1. The van der Waals surface area contributed by atoms with Crippen molar-refractivity contribution in [2.24, 2.45) is 0 Å². The molecule has 1 aromatic carbocycles. The maximum absolute atomic E-state index is 13.0. The molecule has 1 heterocycles. The van der Waals surface area contributed by atoms with Crippen molar-refractivity contribution < 1.29 is 13.9 Å². The molecule has 5 nitrogen and oxygen atoms in total. The Labute approximate surface area is 116 Å². The van der Waals surface area contributed by atoms with Crippen LogP contribution in [0.1, 0.15) is 25.7 Å². The highest BCUT2D eigenvalue weighted by molar-refractivity contribution is 5.77. The molecule has 2 rings (SSSR count). The first kappa shape index (κ1) is 14.3. The molecule has 0 unspecified atom stereocenters. The molecule has 0 aliphatic heterocycles. The first-order chi connectivity index (χ1) is 9.69. The van der Waals surface area contributed by atoms with E-state index in [1.807, 2.05) is 0 Å². The number of aromatic amines is 1. The second-order valence-electron chi connectivity index (χ2n) is 4.56. The number of fused-ring (bicyclic) bond motifs is 1. The molecule has 0 saturated carbocycles. The molecule has 0 aliphatic rings. The number of imidazole rings is 1. The molecule has 1 aromatic heterocycles. The molecule has 0 radical (unpaired) electrons. The van der Waals surface area contributed by atoms with Crippen molar-refractivity contribution in [3.05, 3.63) is 24.0 Å².